The first-order valence-corrected chi connectivity index (χ1v) is 7.35. The number of carbonyl (C=O) groups excluding carboxylic acids is 1. The third-order valence-electron chi connectivity index (χ3n) is 4.16. The molecule has 1 heterocycles. The molecule has 1 aromatic rings. The zero-order valence-corrected chi connectivity index (χ0v) is 12.5. The molecule has 2 fully saturated rings. The number of hydrogen-bond acceptors (Lipinski definition) is 4. The SMILES string of the molecule is COc1ccc(C2CCNC(=O)O2)cc1OCC1(C)CC1. The van der Waals surface area contributed by atoms with Crippen LogP contribution in [0.3, 0.4) is 0 Å². The zero-order chi connectivity index (χ0) is 14.9. The van der Waals surface area contributed by atoms with Crippen molar-refractivity contribution in [3.05, 3.63) is 23.8 Å². The van der Waals surface area contributed by atoms with Gasteiger partial charge in [0.1, 0.15) is 6.10 Å². The molecule has 5 heteroatoms. The third-order valence-corrected chi connectivity index (χ3v) is 4.16. The molecule has 1 unspecified atom stereocenters. The van der Waals surface area contributed by atoms with Crippen LogP contribution in [0, 0.1) is 5.41 Å². The Kier molecular flexibility index (Phi) is 3.66. The molecule has 1 aliphatic heterocycles. The Labute approximate surface area is 124 Å². The summed E-state index contributed by atoms with van der Waals surface area (Å²) in [4.78, 5) is 11.3. The minimum Gasteiger partial charge on any atom is -0.493 e. The molecule has 1 saturated carbocycles. The molecular formula is C16H21NO4. The van der Waals surface area contributed by atoms with Gasteiger partial charge in [-0.3, -0.25) is 0 Å². The van der Waals surface area contributed by atoms with Crippen LogP contribution in [0.5, 0.6) is 11.5 Å². The van der Waals surface area contributed by atoms with E-state index in [0.29, 0.717) is 24.3 Å². The lowest BCUT2D eigenvalue weighted by atomic mass is 10.0. The highest BCUT2D eigenvalue weighted by Gasteiger charge is 2.38. The van der Waals surface area contributed by atoms with Crippen LogP contribution in [0.25, 0.3) is 0 Å². The van der Waals surface area contributed by atoms with E-state index in [1.54, 1.807) is 7.11 Å². The number of benzene rings is 1. The minimum absolute atomic E-state index is 0.219. The van der Waals surface area contributed by atoms with Crippen LogP contribution in [0.2, 0.25) is 0 Å². The molecule has 0 aromatic heterocycles. The van der Waals surface area contributed by atoms with Crippen molar-refractivity contribution in [2.45, 2.75) is 32.3 Å². The van der Waals surface area contributed by atoms with Crippen LogP contribution in [0.4, 0.5) is 4.79 Å². The summed E-state index contributed by atoms with van der Waals surface area (Å²) in [6, 6.07) is 5.72. The Morgan fingerprint density at radius 2 is 2.19 bits per heavy atom. The Bertz CT molecular complexity index is 539. The summed E-state index contributed by atoms with van der Waals surface area (Å²) in [7, 11) is 1.63. The Hall–Kier alpha value is -1.91. The van der Waals surface area contributed by atoms with Gasteiger partial charge in [0.05, 0.1) is 13.7 Å². The highest BCUT2D eigenvalue weighted by Crippen LogP contribution is 2.45. The van der Waals surface area contributed by atoms with Gasteiger partial charge in [-0.2, -0.15) is 0 Å². The number of amides is 1. The molecule has 0 spiro atoms. The highest BCUT2D eigenvalue weighted by atomic mass is 16.6. The number of cyclic esters (lactones) is 1. The molecule has 2 aliphatic rings. The molecule has 1 atom stereocenters. The maximum atomic E-state index is 11.3. The van der Waals surface area contributed by atoms with Gasteiger partial charge in [-0.1, -0.05) is 13.0 Å². The third kappa shape index (κ3) is 3.23. The molecule has 1 aliphatic carbocycles. The maximum Gasteiger partial charge on any atom is 0.407 e. The summed E-state index contributed by atoms with van der Waals surface area (Å²) in [6.45, 7) is 3.54. The smallest absolute Gasteiger partial charge is 0.407 e. The molecule has 1 amide bonds. The monoisotopic (exact) mass is 291 g/mol. The first-order valence-electron chi connectivity index (χ1n) is 7.35. The van der Waals surface area contributed by atoms with E-state index >= 15 is 0 Å². The molecule has 21 heavy (non-hydrogen) atoms. The molecular weight excluding hydrogens is 270 g/mol. The van der Waals surface area contributed by atoms with Gasteiger partial charge >= 0.3 is 6.09 Å². The van der Waals surface area contributed by atoms with Crippen molar-refractivity contribution in [1.82, 2.24) is 5.32 Å². The van der Waals surface area contributed by atoms with E-state index < -0.39 is 0 Å². The number of nitrogens with one attached hydrogen (secondary N) is 1. The second kappa shape index (κ2) is 5.47. The molecule has 5 nitrogen and oxygen atoms in total. The summed E-state index contributed by atoms with van der Waals surface area (Å²) in [5.41, 5.74) is 1.25. The fraction of sp³-hybridized carbons (Fsp3) is 0.562. The standard InChI is InChI=1S/C16H21NO4/c1-16(6-7-16)10-20-14-9-11(3-4-13(14)19-2)12-5-8-17-15(18)21-12/h3-4,9,12H,5-8,10H2,1-2H3,(H,17,18). The van der Waals surface area contributed by atoms with E-state index in [1.165, 1.54) is 12.8 Å². The van der Waals surface area contributed by atoms with Crippen LogP contribution in [-0.2, 0) is 4.74 Å². The van der Waals surface area contributed by atoms with Crippen molar-refractivity contribution in [2.24, 2.45) is 5.41 Å². The van der Waals surface area contributed by atoms with E-state index in [9.17, 15) is 4.79 Å². The lowest BCUT2D eigenvalue weighted by Crippen LogP contribution is -2.33. The van der Waals surface area contributed by atoms with Crippen molar-refractivity contribution in [1.29, 1.82) is 0 Å². The van der Waals surface area contributed by atoms with E-state index in [-0.39, 0.29) is 12.2 Å². The van der Waals surface area contributed by atoms with Gasteiger partial charge in [0, 0.05) is 18.4 Å². The molecule has 1 saturated heterocycles. The topological polar surface area (TPSA) is 56.8 Å². The van der Waals surface area contributed by atoms with Crippen molar-refractivity contribution in [3.63, 3.8) is 0 Å². The van der Waals surface area contributed by atoms with Crippen molar-refractivity contribution < 1.29 is 19.0 Å². The number of rotatable bonds is 5. The number of carbonyl (C=O) groups is 1. The number of methoxy groups -OCH3 is 1. The molecule has 0 radical (unpaired) electrons. The van der Waals surface area contributed by atoms with Crippen molar-refractivity contribution >= 4 is 6.09 Å². The predicted octanol–water partition coefficient (Wildman–Crippen LogP) is 3.05. The Morgan fingerprint density at radius 1 is 1.38 bits per heavy atom. The van der Waals surface area contributed by atoms with Crippen LogP contribution in [0.1, 0.15) is 37.9 Å². The lowest BCUT2D eigenvalue weighted by molar-refractivity contribution is 0.0736. The molecule has 114 valence electrons. The second-order valence-corrected chi connectivity index (χ2v) is 6.12. The van der Waals surface area contributed by atoms with Gasteiger partial charge < -0.3 is 19.5 Å². The van der Waals surface area contributed by atoms with Gasteiger partial charge in [-0.15, -0.1) is 0 Å². The summed E-state index contributed by atoms with van der Waals surface area (Å²) >= 11 is 0. The van der Waals surface area contributed by atoms with Gasteiger partial charge in [-0.05, 0) is 30.5 Å². The quantitative estimate of drug-likeness (QED) is 0.906. The first-order chi connectivity index (χ1) is 10.1. The second-order valence-electron chi connectivity index (χ2n) is 6.12. The number of hydrogen-bond donors (Lipinski definition) is 1. The minimum atomic E-state index is -0.366. The van der Waals surface area contributed by atoms with Gasteiger partial charge in [-0.25, -0.2) is 4.79 Å². The van der Waals surface area contributed by atoms with Crippen LogP contribution >= 0.6 is 0 Å². The van der Waals surface area contributed by atoms with Crippen molar-refractivity contribution in [3.8, 4) is 11.5 Å². The van der Waals surface area contributed by atoms with Crippen LogP contribution in [-0.4, -0.2) is 26.4 Å². The molecule has 3 rings (SSSR count). The molecule has 1 aromatic carbocycles. The van der Waals surface area contributed by atoms with Gasteiger partial charge in [0.25, 0.3) is 0 Å². The van der Waals surface area contributed by atoms with Gasteiger partial charge in [0.2, 0.25) is 0 Å². The zero-order valence-electron chi connectivity index (χ0n) is 12.5. The first kappa shape index (κ1) is 14.0. The normalized spacial score (nSPS) is 23.0. The molecule has 1 N–H and O–H groups in total. The van der Waals surface area contributed by atoms with Crippen LogP contribution < -0.4 is 14.8 Å². The summed E-state index contributed by atoms with van der Waals surface area (Å²) < 4.78 is 16.6. The Morgan fingerprint density at radius 3 is 2.86 bits per heavy atom. The largest absolute Gasteiger partial charge is 0.493 e. The summed E-state index contributed by atoms with van der Waals surface area (Å²) in [5.74, 6) is 1.43. The average Bonchev–Trinajstić information content (AvgIpc) is 3.23. The van der Waals surface area contributed by atoms with Crippen molar-refractivity contribution in [2.75, 3.05) is 20.3 Å². The van der Waals surface area contributed by atoms with Crippen LogP contribution in [0.15, 0.2) is 18.2 Å². The van der Waals surface area contributed by atoms with E-state index in [1.807, 2.05) is 18.2 Å². The molecule has 0 bridgehead atoms. The maximum absolute atomic E-state index is 11.3. The average molecular weight is 291 g/mol. The number of alkyl carbamates (subject to hydrolysis) is 1. The lowest BCUT2D eigenvalue weighted by Gasteiger charge is -2.24. The van der Waals surface area contributed by atoms with E-state index in [2.05, 4.69) is 12.2 Å². The van der Waals surface area contributed by atoms with E-state index in [0.717, 1.165) is 17.7 Å². The van der Waals surface area contributed by atoms with Gasteiger partial charge in [0.15, 0.2) is 11.5 Å². The fourth-order valence-corrected chi connectivity index (χ4v) is 2.39. The van der Waals surface area contributed by atoms with E-state index in [4.69, 9.17) is 14.2 Å². The predicted molar refractivity (Wildman–Crippen MR) is 77.7 cm³/mol. The summed E-state index contributed by atoms with van der Waals surface area (Å²) in [5, 5.41) is 2.66. The highest BCUT2D eigenvalue weighted by molar-refractivity contribution is 5.68. The fourth-order valence-electron chi connectivity index (χ4n) is 2.39. The summed E-state index contributed by atoms with van der Waals surface area (Å²) in [6.07, 6.45) is 2.59. The number of ether oxygens (including phenoxy) is 3. The Balaban J connectivity index is 1.76.